The van der Waals surface area contributed by atoms with E-state index in [9.17, 15) is 0 Å². The maximum atomic E-state index is 4.02. The molecule has 2 nitrogen and oxygen atoms in total. The highest BCUT2D eigenvalue weighted by Gasteiger charge is 1.92. The average Bonchev–Trinajstić information content (AvgIpc) is 1.94. The summed E-state index contributed by atoms with van der Waals surface area (Å²) in [6, 6.07) is 0. The van der Waals surface area contributed by atoms with Gasteiger partial charge in [0.05, 0.1) is 10.2 Å². The topological polar surface area (TPSA) is 25.8 Å². The first-order valence-electron chi connectivity index (χ1n) is 2.93. The van der Waals surface area contributed by atoms with Crippen molar-refractivity contribution in [2.24, 2.45) is 0 Å². The zero-order chi connectivity index (χ0) is 7.40. The molecule has 0 amide bonds. The van der Waals surface area contributed by atoms with Crippen molar-refractivity contribution < 1.29 is 0 Å². The number of nitrogens with zero attached hydrogens (tertiary/aromatic N) is 2. The normalized spacial score (nSPS) is 10.6. The van der Waals surface area contributed by atoms with E-state index >= 15 is 0 Å². The second kappa shape index (κ2) is 3.46. The minimum atomic E-state index is 0.914. The summed E-state index contributed by atoms with van der Waals surface area (Å²) in [5, 5.41) is 0. The summed E-state index contributed by atoms with van der Waals surface area (Å²) in [4.78, 5) is 7.86. The molecule has 0 N–H and O–H groups in total. The minimum Gasteiger partial charge on any atom is -0.244 e. The number of allylic oxidation sites excluding steroid dienone is 1. The maximum Gasteiger partial charge on any atom is 0.116 e. The largest absolute Gasteiger partial charge is 0.244 e. The first-order chi connectivity index (χ1) is 4.84. The number of hydrogen-bond donors (Lipinski definition) is 0. The minimum absolute atomic E-state index is 0.914. The molecule has 10 heavy (non-hydrogen) atoms. The van der Waals surface area contributed by atoms with Crippen LogP contribution in [0.1, 0.15) is 12.6 Å². The van der Waals surface area contributed by atoms with Crippen molar-refractivity contribution in [2.75, 3.05) is 0 Å². The third kappa shape index (κ3) is 1.64. The number of halogens is 1. The number of aromatic nitrogens is 2. The molecule has 52 valence electrons. The molecule has 1 rings (SSSR count). The van der Waals surface area contributed by atoms with Gasteiger partial charge in [-0.05, 0) is 28.9 Å². The number of rotatable bonds is 1. The van der Waals surface area contributed by atoms with Crippen LogP contribution in [0.5, 0.6) is 0 Å². The van der Waals surface area contributed by atoms with E-state index in [0.29, 0.717) is 0 Å². The van der Waals surface area contributed by atoms with Crippen LogP contribution in [0.15, 0.2) is 23.1 Å². The van der Waals surface area contributed by atoms with Crippen LogP contribution in [0.4, 0.5) is 0 Å². The van der Waals surface area contributed by atoms with Crippen LogP contribution in [-0.4, -0.2) is 9.97 Å². The van der Waals surface area contributed by atoms with Gasteiger partial charge in [-0.15, -0.1) is 0 Å². The Morgan fingerprint density at radius 3 is 3.00 bits per heavy atom. The lowest BCUT2D eigenvalue weighted by molar-refractivity contribution is 1.13. The zero-order valence-corrected chi connectivity index (χ0v) is 7.17. The van der Waals surface area contributed by atoms with Crippen molar-refractivity contribution in [3.63, 3.8) is 0 Å². The molecule has 0 spiro atoms. The van der Waals surface area contributed by atoms with Gasteiger partial charge in [-0.25, -0.2) is 9.97 Å². The zero-order valence-electron chi connectivity index (χ0n) is 5.58. The fourth-order valence-electron chi connectivity index (χ4n) is 0.603. The third-order valence-electron chi connectivity index (χ3n) is 1.02. The Hall–Kier alpha value is -0.700. The van der Waals surface area contributed by atoms with Crippen molar-refractivity contribution in [3.05, 3.63) is 28.8 Å². The summed E-state index contributed by atoms with van der Waals surface area (Å²) in [6.07, 6.45) is 7.11. The van der Waals surface area contributed by atoms with Gasteiger partial charge in [-0.3, -0.25) is 0 Å². The van der Waals surface area contributed by atoms with Crippen molar-refractivity contribution >= 4 is 22.0 Å². The Morgan fingerprint density at radius 2 is 2.40 bits per heavy atom. The van der Waals surface area contributed by atoms with E-state index in [0.717, 1.165) is 10.2 Å². The van der Waals surface area contributed by atoms with E-state index in [-0.39, 0.29) is 0 Å². The van der Waals surface area contributed by atoms with Gasteiger partial charge in [-0.2, -0.15) is 0 Å². The van der Waals surface area contributed by atoms with Crippen LogP contribution in [0.25, 0.3) is 6.08 Å². The highest BCUT2D eigenvalue weighted by Crippen LogP contribution is 2.12. The molecule has 1 aromatic rings. The highest BCUT2D eigenvalue weighted by molar-refractivity contribution is 9.10. The molecular formula is C7H7BrN2. The van der Waals surface area contributed by atoms with E-state index < -0.39 is 0 Å². The van der Waals surface area contributed by atoms with E-state index in [1.54, 1.807) is 6.20 Å². The monoisotopic (exact) mass is 198 g/mol. The summed E-state index contributed by atoms with van der Waals surface area (Å²) >= 11 is 3.32. The van der Waals surface area contributed by atoms with Gasteiger partial charge in [-0.1, -0.05) is 6.08 Å². The maximum absolute atomic E-state index is 4.02. The predicted octanol–water partition coefficient (Wildman–Crippen LogP) is 2.27. The lowest BCUT2D eigenvalue weighted by atomic mass is 10.4. The van der Waals surface area contributed by atoms with Crippen LogP contribution >= 0.6 is 15.9 Å². The molecule has 0 bridgehead atoms. The summed E-state index contributed by atoms with van der Waals surface area (Å²) < 4.78 is 0.924. The van der Waals surface area contributed by atoms with E-state index in [1.165, 1.54) is 6.33 Å². The average molecular weight is 199 g/mol. The molecule has 0 aliphatic carbocycles. The summed E-state index contributed by atoms with van der Waals surface area (Å²) in [7, 11) is 0. The molecule has 0 aliphatic heterocycles. The summed E-state index contributed by atoms with van der Waals surface area (Å²) in [5.41, 5.74) is 0.914. The summed E-state index contributed by atoms with van der Waals surface area (Å²) in [6.45, 7) is 1.95. The Balaban J connectivity index is 3.03. The van der Waals surface area contributed by atoms with Crippen molar-refractivity contribution in [2.45, 2.75) is 6.92 Å². The Labute approximate surface area is 68.1 Å². The molecule has 1 heterocycles. The number of hydrogen-bond acceptors (Lipinski definition) is 2. The van der Waals surface area contributed by atoms with Gasteiger partial charge in [0, 0.05) is 6.20 Å². The van der Waals surface area contributed by atoms with Crippen LogP contribution in [-0.2, 0) is 0 Å². The first-order valence-corrected chi connectivity index (χ1v) is 3.72. The molecule has 0 saturated carbocycles. The van der Waals surface area contributed by atoms with Gasteiger partial charge >= 0.3 is 0 Å². The Morgan fingerprint density at radius 1 is 1.60 bits per heavy atom. The Bertz CT molecular complexity index is 245. The molecule has 0 radical (unpaired) electrons. The fourth-order valence-corrected chi connectivity index (χ4v) is 0.955. The lowest BCUT2D eigenvalue weighted by Gasteiger charge is -1.92. The molecule has 0 saturated heterocycles. The quantitative estimate of drug-likeness (QED) is 0.693. The van der Waals surface area contributed by atoms with Crippen LogP contribution in [0.3, 0.4) is 0 Å². The molecular weight excluding hydrogens is 192 g/mol. The standard InChI is InChI=1S/C7H7BrN2/c1-2-3-7-6(8)4-9-5-10-7/h2-5H,1H3. The van der Waals surface area contributed by atoms with Crippen LogP contribution in [0.2, 0.25) is 0 Å². The van der Waals surface area contributed by atoms with E-state index in [4.69, 9.17) is 0 Å². The fraction of sp³-hybridized carbons (Fsp3) is 0.143. The first kappa shape index (κ1) is 7.41. The van der Waals surface area contributed by atoms with Crippen molar-refractivity contribution in [1.29, 1.82) is 0 Å². The lowest BCUT2D eigenvalue weighted by Crippen LogP contribution is -1.82. The Kier molecular flexibility index (Phi) is 2.57. The van der Waals surface area contributed by atoms with Gasteiger partial charge < -0.3 is 0 Å². The van der Waals surface area contributed by atoms with Gasteiger partial charge in [0.1, 0.15) is 6.33 Å². The molecule has 0 aromatic carbocycles. The molecule has 0 unspecified atom stereocenters. The smallest absolute Gasteiger partial charge is 0.116 e. The van der Waals surface area contributed by atoms with Crippen molar-refractivity contribution in [3.8, 4) is 0 Å². The van der Waals surface area contributed by atoms with Gasteiger partial charge in [0.2, 0.25) is 0 Å². The molecule has 1 aromatic heterocycles. The summed E-state index contributed by atoms with van der Waals surface area (Å²) in [5.74, 6) is 0. The van der Waals surface area contributed by atoms with Crippen molar-refractivity contribution in [1.82, 2.24) is 9.97 Å². The van der Waals surface area contributed by atoms with Crippen LogP contribution < -0.4 is 0 Å². The van der Waals surface area contributed by atoms with Crippen LogP contribution in [0, 0.1) is 0 Å². The van der Waals surface area contributed by atoms with E-state index in [2.05, 4.69) is 25.9 Å². The van der Waals surface area contributed by atoms with Gasteiger partial charge in [0.15, 0.2) is 0 Å². The molecule has 3 heteroatoms. The second-order valence-electron chi connectivity index (χ2n) is 1.76. The third-order valence-corrected chi connectivity index (χ3v) is 1.63. The van der Waals surface area contributed by atoms with E-state index in [1.807, 2.05) is 19.1 Å². The molecule has 0 atom stereocenters. The second-order valence-corrected chi connectivity index (χ2v) is 2.61. The predicted molar refractivity (Wildman–Crippen MR) is 44.4 cm³/mol. The molecule has 0 fully saturated rings. The molecule has 0 aliphatic rings. The SMILES string of the molecule is CC=Cc1ncncc1Br. The highest BCUT2D eigenvalue weighted by atomic mass is 79.9. The van der Waals surface area contributed by atoms with Gasteiger partial charge in [0.25, 0.3) is 0 Å².